The van der Waals surface area contributed by atoms with Crippen LogP contribution in [-0.4, -0.2) is 34.5 Å². The van der Waals surface area contributed by atoms with Gasteiger partial charge < -0.3 is 10.0 Å². The van der Waals surface area contributed by atoms with Gasteiger partial charge in [0.1, 0.15) is 0 Å². The molecule has 1 N–H and O–H groups in total. The largest absolute Gasteiger partial charge is 0.481 e. The van der Waals surface area contributed by atoms with E-state index in [0.717, 1.165) is 30.7 Å². The Morgan fingerprint density at radius 3 is 2.95 bits per heavy atom. The van der Waals surface area contributed by atoms with Gasteiger partial charge in [-0.3, -0.25) is 9.59 Å². The molecule has 1 aromatic heterocycles. The van der Waals surface area contributed by atoms with E-state index in [1.54, 1.807) is 11.3 Å². The lowest BCUT2D eigenvalue weighted by Gasteiger charge is -2.35. The standard InChI is InChI=1S/C14H19NO3S/c16-13(10-12-5-3-9-19-12)15-8-2-1-4-11(15)6-7-14(17)18/h3,5,9,11H,1-2,4,6-8,10H2,(H,17,18)/t11-/m1/s1. The van der Waals surface area contributed by atoms with Gasteiger partial charge in [-0.1, -0.05) is 6.07 Å². The summed E-state index contributed by atoms with van der Waals surface area (Å²) in [6.07, 6.45) is 4.22. The number of carboxylic acids is 1. The van der Waals surface area contributed by atoms with Gasteiger partial charge in [-0.05, 0) is 37.1 Å². The summed E-state index contributed by atoms with van der Waals surface area (Å²) >= 11 is 1.59. The average molecular weight is 281 g/mol. The van der Waals surface area contributed by atoms with Crippen LogP contribution in [0.2, 0.25) is 0 Å². The zero-order valence-corrected chi connectivity index (χ0v) is 11.7. The van der Waals surface area contributed by atoms with Crippen molar-refractivity contribution in [2.45, 2.75) is 44.6 Å². The van der Waals surface area contributed by atoms with Gasteiger partial charge in [-0.2, -0.15) is 0 Å². The van der Waals surface area contributed by atoms with Crippen molar-refractivity contribution >= 4 is 23.2 Å². The second kappa shape index (κ2) is 6.70. The topological polar surface area (TPSA) is 57.6 Å². The van der Waals surface area contributed by atoms with Crippen LogP contribution in [0.5, 0.6) is 0 Å². The fraction of sp³-hybridized carbons (Fsp3) is 0.571. The van der Waals surface area contributed by atoms with Crippen molar-refractivity contribution in [3.05, 3.63) is 22.4 Å². The molecule has 4 nitrogen and oxygen atoms in total. The third kappa shape index (κ3) is 4.06. The first-order valence-corrected chi connectivity index (χ1v) is 7.58. The molecule has 1 aromatic rings. The molecule has 0 radical (unpaired) electrons. The molecule has 0 bridgehead atoms. The summed E-state index contributed by atoms with van der Waals surface area (Å²) in [6, 6.07) is 4.03. The molecule has 1 amide bonds. The fourth-order valence-electron chi connectivity index (χ4n) is 2.58. The number of amides is 1. The van der Waals surface area contributed by atoms with Crippen LogP contribution in [0.25, 0.3) is 0 Å². The average Bonchev–Trinajstić information content (AvgIpc) is 2.89. The second-order valence-corrected chi connectivity index (χ2v) is 5.96. The van der Waals surface area contributed by atoms with E-state index < -0.39 is 5.97 Å². The maximum Gasteiger partial charge on any atom is 0.303 e. The normalized spacial score (nSPS) is 19.4. The minimum Gasteiger partial charge on any atom is -0.481 e. The Bertz CT molecular complexity index is 430. The van der Waals surface area contributed by atoms with Crippen molar-refractivity contribution in [1.82, 2.24) is 4.90 Å². The van der Waals surface area contributed by atoms with Crippen LogP contribution in [0, 0.1) is 0 Å². The maximum atomic E-state index is 12.3. The number of piperidine rings is 1. The van der Waals surface area contributed by atoms with Gasteiger partial charge >= 0.3 is 5.97 Å². The summed E-state index contributed by atoms with van der Waals surface area (Å²) in [7, 11) is 0. The van der Waals surface area contributed by atoms with E-state index in [1.807, 2.05) is 22.4 Å². The molecule has 104 valence electrons. The van der Waals surface area contributed by atoms with Crippen molar-refractivity contribution < 1.29 is 14.7 Å². The number of thiophene rings is 1. The SMILES string of the molecule is O=C(O)CC[C@H]1CCCCN1C(=O)Cc1cccs1. The van der Waals surface area contributed by atoms with Crippen LogP contribution >= 0.6 is 11.3 Å². The summed E-state index contributed by atoms with van der Waals surface area (Å²) in [5, 5.41) is 10.7. The molecule has 1 atom stereocenters. The second-order valence-electron chi connectivity index (χ2n) is 4.93. The first kappa shape index (κ1) is 14.1. The number of hydrogen-bond donors (Lipinski definition) is 1. The molecule has 2 heterocycles. The smallest absolute Gasteiger partial charge is 0.303 e. The zero-order valence-electron chi connectivity index (χ0n) is 10.9. The van der Waals surface area contributed by atoms with Crippen LogP contribution in [0.1, 0.15) is 37.0 Å². The van der Waals surface area contributed by atoms with Crippen molar-refractivity contribution in [3.8, 4) is 0 Å². The van der Waals surface area contributed by atoms with E-state index >= 15 is 0 Å². The molecule has 1 fully saturated rings. The Hall–Kier alpha value is -1.36. The van der Waals surface area contributed by atoms with Gasteiger partial charge in [0.05, 0.1) is 6.42 Å². The first-order valence-electron chi connectivity index (χ1n) is 6.70. The molecule has 2 rings (SSSR count). The maximum absolute atomic E-state index is 12.3. The van der Waals surface area contributed by atoms with Crippen LogP contribution in [-0.2, 0) is 16.0 Å². The van der Waals surface area contributed by atoms with Crippen LogP contribution in [0.15, 0.2) is 17.5 Å². The van der Waals surface area contributed by atoms with E-state index in [4.69, 9.17) is 5.11 Å². The minimum atomic E-state index is -0.781. The lowest BCUT2D eigenvalue weighted by molar-refractivity contribution is -0.139. The summed E-state index contributed by atoms with van der Waals surface area (Å²) in [5.74, 6) is -0.645. The van der Waals surface area contributed by atoms with E-state index in [9.17, 15) is 9.59 Å². The predicted molar refractivity (Wildman–Crippen MR) is 74.2 cm³/mol. The van der Waals surface area contributed by atoms with E-state index in [0.29, 0.717) is 12.8 Å². The van der Waals surface area contributed by atoms with E-state index in [2.05, 4.69) is 0 Å². The van der Waals surface area contributed by atoms with Gasteiger partial charge in [0.15, 0.2) is 0 Å². The summed E-state index contributed by atoms with van der Waals surface area (Å²) in [4.78, 5) is 26.0. The molecule has 0 saturated carbocycles. The zero-order chi connectivity index (χ0) is 13.7. The van der Waals surface area contributed by atoms with Crippen LogP contribution < -0.4 is 0 Å². The summed E-state index contributed by atoms with van der Waals surface area (Å²) in [6.45, 7) is 0.772. The van der Waals surface area contributed by atoms with E-state index in [1.165, 1.54) is 0 Å². The van der Waals surface area contributed by atoms with E-state index in [-0.39, 0.29) is 18.4 Å². The first-order chi connectivity index (χ1) is 9.16. The number of rotatable bonds is 5. The monoisotopic (exact) mass is 281 g/mol. The number of hydrogen-bond acceptors (Lipinski definition) is 3. The van der Waals surface area contributed by atoms with Gasteiger partial charge in [0, 0.05) is 23.9 Å². The Kier molecular flexibility index (Phi) is 4.96. The van der Waals surface area contributed by atoms with Crippen molar-refractivity contribution in [3.63, 3.8) is 0 Å². The highest BCUT2D eigenvalue weighted by Crippen LogP contribution is 2.22. The third-order valence-electron chi connectivity index (χ3n) is 3.54. The predicted octanol–water partition coefficient (Wildman–Crippen LogP) is 2.54. The molecule has 19 heavy (non-hydrogen) atoms. The molecule has 0 aromatic carbocycles. The highest BCUT2D eigenvalue weighted by Gasteiger charge is 2.26. The van der Waals surface area contributed by atoms with Gasteiger partial charge in [-0.25, -0.2) is 0 Å². The quantitative estimate of drug-likeness (QED) is 0.902. The number of nitrogens with zero attached hydrogens (tertiary/aromatic N) is 1. The van der Waals surface area contributed by atoms with Crippen molar-refractivity contribution in [2.24, 2.45) is 0 Å². The highest BCUT2D eigenvalue weighted by molar-refractivity contribution is 7.10. The number of carbonyl (C=O) groups excluding carboxylic acids is 1. The molecule has 5 heteroatoms. The number of carboxylic acid groups (broad SMARTS) is 1. The Balaban J connectivity index is 1.94. The highest BCUT2D eigenvalue weighted by atomic mass is 32.1. The minimum absolute atomic E-state index is 0.109. The molecule has 0 aliphatic carbocycles. The third-order valence-corrected chi connectivity index (χ3v) is 4.42. The molecule has 0 spiro atoms. The molecule has 1 aliphatic rings. The molecule has 0 unspecified atom stereocenters. The summed E-state index contributed by atoms with van der Waals surface area (Å²) < 4.78 is 0. The van der Waals surface area contributed by atoms with Crippen molar-refractivity contribution in [2.75, 3.05) is 6.54 Å². The molecule has 1 aliphatic heterocycles. The lowest BCUT2D eigenvalue weighted by Crippen LogP contribution is -2.44. The van der Waals surface area contributed by atoms with Crippen LogP contribution in [0.4, 0.5) is 0 Å². The fourth-order valence-corrected chi connectivity index (χ4v) is 3.28. The van der Waals surface area contributed by atoms with Gasteiger partial charge in [-0.15, -0.1) is 11.3 Å². The van der Waals surface area contributed by atoms with Crippen LogP contribution in [0.3, 0.4) is 0 Å². The molecule has 1 saturated heterocycles. The lowest BCUT2D eigenvalue weighted by atomic mass is 9.97. The number of carbonyl (C=O) groups is 2. The Labute approximate surface area is 117 Å². The van der Waals surface area contributed by atoms with Gasteiger partial charge in [0.2, 0.25) is 5.91 Å². The summed E-state index contributed by atoms with van der Waals surface area (Å²) in [5.41, 5.74) is 0. The Morgan fingerprint density at radius 2 is 2.26 bits per heavy atom. The van der Waals surface area contributed by atoms with Gasteiger partial charge in [0.25, 0.3) is 0 Å². The molecular formula is C14H19NO3S. The number of aliphatic carboxylic acids is 1. The molecular weight excluding hydrogens is 262 g/mol. The van der Waals surface area contributed by atoms with Crippen molar-refractivity contribution in [1.29, 1.82) is 0 Å². The Morgan fingerprint density at radius 1 is 1.42 bits per heavy atom. The number of likely N-dealkylation sites (tertiary alicyclic amines) is 1.